The van der Waals surface area contributed by atoms with Crippen LogP contribution in [0.5, 0.6) is 0 Å². The molecule has 7 heteroatoms. The van der Waals surface area contributed by atoms with E-state index in [0.29, 0.717) is 23.0 Å². The molecule has 1 aliphatic heterocycles. The average molecular weight is 386 g/mol. The zero-order chi connectivity index (χ0) is 19.0. The van der Waals surface area contributed by atoms with Crippen molar-refractivity contribution >= 4 is 17.5 Å². The van der Waals surface area contributed by atoms with Gasteiger partial charge < -0.3 is 13.9 Å². The van der Waals surface area contributed by atoms with Crippen molar-refractivity contribution in [3.8, 4) is 11.3 Å². The maximum absolute atomic E-state index is 13.1. The molecular formula is C20H20ClN3O3. The number of amides is 1. The Hall–Kier alpha value is -2.60. The third-order valence-electron chi connectivity index (χ3n) is 4.99. The molecule has 6 nitrogen and oxygen atoms in total. The second-order valence-electron chi connectivity index (χ2n) is 6.70. The van der Waals surface area contributed by atoms with E-state index in [9.17, 15) is 4.79 Å². The van der Waals surface area contributed by atoms with E-state index < -0.39 is 0 Å². The van der Waals surface area contributed by atoms with Gasteiger partial charge in [-0.1, -0.05) is 41.0 Å². The molecule has 2 aromatic heterocycles. The van der Waals surface area contributed by atoms with Crippen LogP contribution in [0.2, 0.25) is 5.02 Å². The molecule has 1 amide bonds. The fraction of sp³-hybridized carbons (Fsp3) is 0.350. The molecule has 1 fully saturated rings. The predicted molar refractivity (Wildman–Crippen MR) is 101 cm³/mol. The van der Waals surface area contributed by atoms with Crippen LogP contribution in [0.4, 0.5) is 0 Å². The lowest BCUT2D eigenvalue weighted by Gasteiger charge is -2.24. The largest absolute Gasteiger partial charge is 0.361 e. The summed E-state index contributed by atoms with van der Waals surface area (Å²) in [6.45, 7) is 4.63. The highest BCUT2D eigenvalue weighted by Crippen LogP contribution is 2.37. The Morgan fingerprint density at radius 1 is 1.30 bits per heavy atom. The predicted octanol–water partition coefficient (Wildman–Crippen LogP) is 4.83. The summed E-state index contributed by atoms with van der Waals surface area (Å²) in [4.78, 5) is 14.9. The molecule has 0 saturated carbocycles. The fourth-order valence-electron chi connectivity index (χ4n) is 3.72. The Morgan fingerprint density at radius 2 is 2.15 bits per heavy atom. The smallest absolute Gasteiger partial charge is 0.276 e. The normalized spacial score (nSPS) is 16.9. The third kappa shape index (κ3) is 3.25. The molecule has 3 heterocycles. The number of hydrogen-bond acceptors (Lipinski definition) is 5. The van der Waals surface area contributed by atoms with E-state index in [0.717, 1.165) is 41.8 Å². The van der Waals surface area contributed by atoms with Crippen molar-refractivity contribution in [2.45, 2.75) is 39.2 Å². The fourth-order valence-corrected chi connectivity index (χ4v) is 3.91. The molecule has 140 valence electrons. The van der Waals surface area contributed by atoms with Crippen molar-refractivity contribution in [1.29, 1.82) is 0 Å². The highest BCUT2D eigenvalue weighted by atomic mass is 35.5. The number of benzene rings is 1. The lowest BCUT2D eigenvalue weighted by Crippen LogP contribution is -2.31. The Labute approximate surface area is 162 Å². The molecule has 0 N–H and O–H groups in total. The van der Waals surface area contributed by atoms with Crippen molar-refractivity contribution in [3.05, 3.63) is 58.1 Å². The minimum absolute atomic E-state index is 0.0370. The van der Waals surface area contributed by atoms with Gasteiger partial charge >= 0.3 is 0 Å². The topological polar surface area (TPSA) is 72.4 Å². The van der Waals surface area contributed by atoms with Crippen LogP contribution in [0.1, 0.15) is 53.3 Å². The molecule has 0 spiro atoms. The van der Waals surface area contributed by atoms with Gasteiger partial charge in [0.15, 0.2) is 11.5 Å². The highest BCUT2D eigenvalue weighted by molar-refractivity contribution is 6.30. The Kier molecular flexibility index (Phi) is 4.74. The van der Waals surface area contributed by atoms with Crippen molar-refractivity contribution in [2.24, 2.45) is 0 Å². The van der Waals surface area contributed by atoms with Crippen LogP contribution in [0, 0.1) is 6.92 Å². The van der Waals surface area contributed by atoms with Crippen molar-refractivity contribution in [3.63, 3.8) is 0 Å². The van der Waals surface area contributed by atoms with Crippen LogP contribution in [-0.4, -0.2) is 27.7 Å². The number of hydrogen-bond donors (Lipinski definition) is 0. The maximum atomic E-state index is 13.1. The molecule has 1 saturated heterocycles. The van der Waals surface area contributed by atoms with Crippen LogP contribution in [0.25, 0.3) is 11.3 Å². The van der Waals surface area contributed by atoms with Crippen LogP contribution in [0.3, 0.4) is 0 Å². The summed E-state index contributed by atoms with van der Waals surface area (Å²) in [7, 11) is 0. The summed E-state index contributed by atoms with van der Waals surface area (Å²) in [5.41, 5.74) is 2.96. The third-order valence-corrected chi connectivity index (χ3v) is 5.22. The van der Waals surface area contributed by atoms with E-state index in [1.807, 2.05) is 30.9 Å². The van der Waals surface area contributed by atoms with Gasteiger partial charge in [-0.3, -0.25) is 4.79 Å². The van der Waals surface area contributed by atoms with E-state index in [4.69, 9.17) is 20.6 Å². The van der Waals surface area contributed by atoms with Crippen molar-refractivity contribution in [2.75, 3.05) is 6.54 Å². The Balaban J connectivity index is 1.62. The van der Waals surface area contributed by atoms with Gasteiger partial charge in [-0.15, -0.1) is 0 Å². The Bertz CT molecular complexity index is 979. The van der Waals surface area contributed by atoms with E-state index in [1.54, 1.807) is 18.2 Å². The first-order valence-electron chi connectivity index (χ1n) is 9.07. The van der Waals surface area contributed by atoms with Gasteiger partial charge in [-0.05, 0) is 31.9 Å². The highest BCUT2D eigenvalue weighted by Gasteiger charge is 2.35. The van der Waals surface area contributed by atoms with E-state index in [1.165, 1.54) is 0 Å². The van der Waals surface area contributed by atoms with Crippen LogP contribution >= 0.6 is 11.6 Å². The lowest BCUT2D eigenvalue weighted by atomic mass is 10.0. The summed E-state index contributed by atoms with van der Waals surface area (Å²) < 4.78 is 10.8. The average Bonchev–Trinajstić information content (AvgIpc) is 3.40. The molecule has 0 unspecified atom stereocenters. The first-order valence-corrected chi connectivity index (χ1v) is 9.45. The first-order chi connectivity index (χ1) is 13.1. The van der Waals surface area contributed by atoms with Gasteiger partial charge in [-0.2, -0.15) is 0 Å². The number of likely N-dealkylation sites (tertiary alicyclic amines) is 1. The van der Waals surface area contributed by atoms with Crippen molar-refractivity contribution in [1.82, 2.24) is 15.2 Å². The SMILES string of the molecule is CCc1onc(C)c1[C@@H]1CCCN1C(=O)c1cc(-c2cccc(Cl)c2)on1. The molecule has 4 rings (SSSR count). The van der Waals surface area contributed by atoms with Crippen LogP contribution in [0.15, 0.2) is 39.4 Å². The quantitative estimate of drug-likeness (QED) is 0.643. The second-order valence-corrected chi connectivity index (χ2v) is 7.14. The minimum atomic E-state index is -0.141. The molecule has 1 aromatic carbocycles. The summed E-state index contributed by atoms with van der Waals surface area (Å²) >= 11 is 6.04. The number of rotatable bonds is 4. The molecule has 1 aliphatic rings. The standard InChI is InChI=1S/C20H20ClN3O3/c1-3-17-19(12(2)22-26-17)16-8-5-9-24(16)20(25)15-11-18(27-23-15)13-6-4-7-14(21)10-13/h4,6-7,10-11,16H,3,5,8-9H2,1-2H3/t16-/m0/s1. The number of aryl methyl sites for hydroxylation is 2. The number of nitrogens with zero attached hydrogens (tertiary/aromatic N) is 3. The number of halogens is 1. The zero-order valence-electron chi connectivity index (χ0n) is 15.2. The summed E-state index contributed by atoms with van der Waals surface area (Å²) in [6.07, 6.45) is 2.57. The monoisotopic (exact) mass is 385 g/mol. The van der Waals surface area contributed by atoms with Gasteiger partial charge in [0.2, 0.25) is 0 Å². The minimum Gasteiger partial charge on any atom is -0.361 e. The molecule has 0 bridgehead atoms. The molecule has 0 radical (unpaired) electrons. The van der Waals surface area contributed by atoms with E-state index >= 15 is 0 Å². The van der Waals surface area contributed by atoms with Crippen LogP contribution < -0.4 is 0 Å². The molecule has 27 heavy (non-hydrogen) atoms. The van der Waals surface area contributed by atoms with Gasteiger partial charge in [-0.25, -0.2) is 0 Å². The number of carbonyl (C=O) groups is 1. The lowest BCUT2D eigenvalue weighted by molar-refractivity contribution is 0.0724. The Morgan fingerprint density at radius 3 is 2.93 bits per heavy atom. The van der Waals surface area contributed by atoms with Crippen molar-refractivity contribution < 1.29 is 13.8 Å². The molecule has 1 atom stereocenters. The van der Waals surface area contributed by atoms with E-state index in [2.05, 4.69) is 10.3 Å². The second kappa shape index (κ2) is 7.19. The number of carbonyl (C=O) groups excluding carboxylic acids is 1. The summed E-state index contributed by atoms with van der Waals surface area (Å²) in [5.74, 6) is 1.22. The zero-order valence-corrected chi connectivity index (χ0v) is 16.0. The number of aromatic nitrogens is 2. The van der Waals surface area contributed by atoms with Gasteiger partial charge in [0.05, 0.1) is 11.7 Å². The molecule has 3 aromatic rings. The van der Waals surface area contributed by atoms with E-state index in [-0.39, 0.29) is 11.9 Å². The maximum Gasteiger partial charge on any atom is 0.276 e. The van der Waals surface area contributed by atoms with Gasteiger partial charge in [0, 0.05) is 35.2 Å². The van der Waals surface area contributed by atoms with Gasteiger partial charge in [0.25, 0.3) is 5.91 Å². The van der Waals surface area contributed by atoms with Crippen LogP contribution in [-0.2, 0) is 6.42 Å². The summed E-state index contributed by atoms with van der Waals surface area (Å²) in [6, 6.07) is 8.90. The van der Waals surface area contributed by atoms with Gasteiger partial charge in [0.1, 0.15) is 5.76 Å². The first kappa shape index (κ1) is 17.8. The summed E-state index contributed by atoms with van der Waals surface area (Å²) in [5, 5.41) is 8.69. The molecular weight excluding hydrogens is 366 g/mol. The molecule has 0 aliphatic carbocycles.